The molecule has 0 saturated carbocycles. The molecule has 0 heterocycles. The predicted molar refractivity (Wildman–Crippen MR) is 99.3 cm³/mol. The Morgan fingerprint density at radius 3 is 1.74 bits per heavy atom. The zero-order valence-corrected chi connectivity index (χ0v) is 16.6. The summed E-state index contributed by atoms with van der Waals surface area (Å²) < 4.78 is 4.75. The highest BCUT2D eigenvalue weighted by Gasteiger charge is 2.35. The second-order valence-corrected chi connectivity index (χ2v) is 9.16. The Balaban J connectivity index is 0.000000422. The van der Waals surface area contributed by atoms with Crippen molar-refractivity contribution in [3.63, 3.8) is 0 Å². The molecule has 1 aromatic carbocycles. The van der Waals surface area contributed by atoms with Gasteiger partial charge in [-0.3, -0.25) is 4.79 Å². The Labute approximate surface area is 143 Å². The summed E-state index contributed by atoms with van der Waals surface area (Å²) in [5.74, 6) is 0. The Morgan fingerprint density at radius 2 is 1.43 bits per heavy atom. The lowest BCUT2D eigenvalue weighted by Gasteiger charge is -2.43. The largest absolute Gasteiger partial charge is 0.460 e. The molecule has 1 aromatic rings. The van der Waals surface area contributed by atoms with E-state index in [0.29, 0.717) is 22.7 Å². The van der Waals surface area contributed by atoms with Crippen molar-refractivity contribution < 1.29 is 9.53 Å². The first kappa shape index (κ1) is 21.7. The number of hydrogen-bond donors (Lipinski definition) is 0. The molecule has 0 N–H and O–H groups in total. The number of rotatable bonds is 4. The van der Waals surface area contributed by atoms with Gasteiger partial charge in [-0.1, -0.05) is 85.7 Å². The highest BCUT2D eigenvalue weighted by atomic mass is 16.5. The van der Waals surface area contributed by atoms with Crippen LogP contribution in [0.1, 0.15) is 80.4 Å². The summed E-state index contributed by atoms with van der Waals surface area (Å²) >= 11 is 0. The monoisotopic (exact) mass is 320 g/mol. The maximum atomic E-state index is 9.97. The molecule has 0 aliphatic rings. The molecule has 0 aliphatic heterocycles. The van der Waals surface area contributed by atoms with Crippen LogP contribution in [0.4, 0.5) is 0 Å². The van der Waals surface area contributed by atoms with Crippen LogP contribution in [-0.2, 0) is 9.53 Å². The van der Waals surface area contributed by atoms with Gasteiger partial charge in [0.25, 0.3) is 6.47 Å². The molecule has 1 unspecified atom stereocenters. The minimum Gasteiger partial charge on any atom is -0.460 e. The molecule has 2 heteroatoms. The third-order valence-electron chi connectivity index (χ3n) is 4.53. The van der Waals surface area contributed by atoms with E-state index in [1.165, 1.54) is 6.42 Å². The van der Waals surface area contributed by atoms with Crippen molar-refractivity contribution in [2.75, 3.05) is 0 Å². The fraction of sp³-hybridized carbons (Fsp3) is 0.667. The van der Waals surface area contributed by atoms with E-state index in [1.807, 2.05) is 37.3 Å². The molecule has 1 atom stereocenters. The second-order valence-electron chi connectivity index (χ2n) is 9.16. The molecule has 23 heavy (non-hydrogen) atoms. The molecule has 2 nitrogen and oxygen atoms in total. The SMILES string of the molecule is CC(C)(C)CC(C)(C)C(C)(C)C.CC(OC=O)c1ccccc1. The van der Waals surface area contributed by atoms with Gasteiger partial charge in [0, 0.05) is 0 Å². The molecule has 132 valence electrons. The summed E-state index contributed by atoms with van der Waals surface area (Å²) in [5, 5.41) is 0. The van der Waals surface area contributed by atoms with Crippen LogP contribution < -0.4 is 0 Å². The molecule has 0 amide bonds. The normalized spacial score (nSPS) is 13.6. The van der Waals surface area contributed by atoms with Gasteiger partial charge in [-0.05, 0) is 35.2 Å². The van der Waals surface area contributed by atoms with E-state index in [-0.39, 0.29) is 6.10 Å². The van der Waals surface area contributed by atoms with Crippen molar-refractivity contribution in [3.05, 3.63) is 35.9 Å². The number of carbonyl (C=O) groups excluding carboxylic acids is 1. The standard InChI is InChI=1S/C12H26.C9H10O2/c1-10(2,3)9-12(7,8)11(4,5)6;1-8(11-7-10)9-5-3-2-4-6-9/h9H2,1-8H3;2-8H,1H3. The van der Waals surface area contributed by atoms with Crippen LogP contribution in [0.25, 0.3) is 0 Å². The van der Waals surface area contributed by atoms with Gasteiger partial charge in [-0.2, -0.15) is 0 Å². The van der Waals surface area contributed by atoms with Crippen LogP contribution in [0.15, 0.2) is 30.3 Å². The summed E-state index contributed by atoms with van der Waals surface area (Å²) in [7, 11) is 0. The van der Waals surface area contributed by atoms with Crippen molar-refractivity contribution in [2.24, 2.45) is 16.2 Å². The first-order valence-electron chi connectivity index (χ1n) is 8.44. The number of ether oxygens (including phenoxy) is 1. The topological polar surface area (TPSA) is 26.3 Å². The lowest BCUT2D eigenvalue weighted by Crippen LogP contribution is -2.33. The van der Waals surface area contributed by atoms with Crippen LogP contribution in [0.5, 0.6) is 0 Å². The maximum Gasteiger partial charge on any atom is 0.293 e. The molecule has 0 radical (unpaired) electrons. The maximum absolute atomic E-state index is 9.97. The number of carbonyl (C=O) groups is 1. The number of benzene rings is 1. The highest BCUT2D eigenvalue weighted by molar-refractivity contribution is 5.38. The van der Waals surface area contributed by atoms with E-state index in [2.05, 4.69) is 55.4 Å². The lowest BCUT2D eigenvalue weighted by atomic mass is 9.63. The van der Waals surface area contributed by atoms with Gasteiger partial charge < -0.3 is 4.74 Å². The molecular formula is C21H36O2. The quantitative estimate of drug-likeness (QED) is 0.599. The van der Waals surface area contributed by atoms with Crippen molar-refractivity contribution >= 4 is 6.47 Å². The third kappa shape index (κ3) is 8.78. The average Bonchev–Trinajstić information content (AvgIpc) is 2.37. The fourth-order valence-electron chi connectivity index (χ4n) is 2.48. The third-order valence-corrected chi connectivity index (χ3v) is 4.53. The first-order valence-corrected chi connectivity index (χ1v) is 8.44. The summed E-state index contributed by atoms with van der Waals surface area (Å²) in [6.45, 7) is 21.0. The van der Waals surface area contributed by atoms with E-state index in [9.17, 15) is 4.79 Å². The van der Waals surface area contributed by atoms with E-state index < -0.39 is 0 Å². The predicted octanol–water partition coefficient (Wildman–Crippen LogP) is 6.42. The highest BCUT2D eigenvalue weighted by Crippen LogP contribution is 2.45. The average molecular weight is 321 g/mol. The molecule has 0 saturated heterocycles. The fourth-order valence-corrected chi connectivity index (χ4v) is 2.48. The van der Waals surface area contributed by atoms with Gasteiger partial charge in [-0.25, -0.2) is 0 Å². The van der Waals surface area contributed by atoms with Crippen LogP contribution in [0.2, 0.25) is 0 Å². The van der Waals surface area contributed by atoms with Gasteiger partial charge in [0.2, 0.25) is 0 Å². The van der Waals surface area contributed by atoms with E-state index in [1.54, 1.807) is 0 Å². The Kier molecular flexibility index (Phi) is 8.03. The van der Waals surface area contributed by atoms with Crippen LogP contribution in [-0.4, -0.2) is 6.47 Å². The van der Waals surface area contributed by atoms with E-state index >= 15 is 0 Å². The summed E-state index contributed by atoms with van der Waals surface area (Å²) in [4.78, 5) is 9.97. The molecular weight excluding hydrogens is 284 g/mol. The van der Waals surface area contributed by atoms with Crippen molar-refractivity contribution in [1.29, 1.82) is 0 Å². The Morgan fingerprint density at radius 1 is 0.957 bits per heavy atom. The van der Waals surface area contributed by atoms with Crippen LogP contribution >= 0.6 is 0 Å². The van der Waals surface area contributed by atoms with Gasteiger partial charge in [-0.15, -0.1) is 0 Å². The smallest absolute Gasteiger partial charge is 0.293 e. The first-order chi connectivity index (χ1) is 10.3. The van der Waals surface area contributed by atoms with Crippen molar-refractivity contribution in [2.45, 2.75) is 74.8 Å². The zero-order chi connectivity index (χ0) is 18.3. The zero-order valence-electron chi connectivity index (χ0n) is 16.6. The van der Waals surface area contributed by atoms with Gasteiger partial charge in [0.05, 0.1) is 0 Å². The van der Waals surface area contributed by atoms with E-state index in [4.69, 9.17) is 4.74 Å². The van der Waals surface area contributed by atoms with Crippen molar-refractivity contribution in [1.82, 2.24) is 0 Å². The summed E-state index contributed by atoms with van der Waals surface area (Å²) in [6.07, 6.45) is 1.14. The Hall–Kier alpha value is -1.31. The van der Waals surface area contributed by atoms with Gasteiger partial charge in [0.1, 0.15) is 6.10 Å². The van der Waals surface area contributed by atoms with Gasteiger partial charge >= 0.3 is 0 Å². The summed E-state index contributed by atoms with van der Waals surface area (Å²) in [5.41, 5.74) is 2.28. The molecule has 0 fully saturated rings. The molecule has 0 aliphatic carbocycles. The minimum atomic E-state index is -0.145. The number of hydrogen-bond acceptors (Lipinski definition) is 2. The van der Waals surface area contributed by atoms with Crippen molar-refractivity contribution in [3.8, 4) is 0 Å². The molecule has 0 aromatic heterocycles. The van der Waals surface area contributed by atoms with Crippen LogP contribution in [0, 0.1) is 16.2 Å². The molecule has 1 rings (SSSR count). The minimum absolute atomic E-state index is 0.145. The summed E-state index contributed by atoms with van der Waals surface area (Å²) in [6, 6.07) is 9.61. The molecule has 0 spiro atoms. The molecule has 0 bridgehead atoms. The van der Waals surface area contributed by atoms with Crippen LogP contribution in [0.3, 0.4) is 0 Å². The van der Waals surface area contributed by atoms with E-state index in [0.717, 1.165) is 5.56 Å². The lowest BCUT2D eigenvalue weighted by molar-refractivity contribution is -0.133. The Bertz CT molecular complexity index is 447. The van der Waals surface area contributed by atoms with Gasteiger partial charge in [0.15, 0.2) is 0 Å². The second kappa shape index (κ2) is 8.52.